The van der Waals surface area contributed by atoms with Crippen LogP contribution < -0.4 is 4.90 Å². The SMILES string of the molecule is CN(CCS)c1cn(C)c2ccccc12. The van der Waals surface area contributed by atoms with E-state index in [0.29, 0.717) is 0 Å². The summed E-state index contributed by atoms with van der Waals surface area (Å²) in [5.41, 5.74) is 2.56. The molecule has 0 amide bonds. The molecule has 3 heteroatoms. The number of fused-ring (bicyclic) bond motifs is 1. The van der Waals surface area contributed by atoms with Crippen LogP contribution in [0, 0.1) is 0 Å². The van der Waals surface area contributed by atoms with Crippen LogP contribution in [0.25, 0.3) is 10.9 Å². The van der Waals surface area contributed by atoms with Gasteiger partial charge in [-0.15, -0.1) is 0 Å². The van der Waals surface area contributed by atoms with E-state index in [0.717, 1.165) is 12.3 Å². The van der Waals surface area contributed by atoms with Crippen LogP contribution in [0.5, 0.6) is 0 Å². The van der Waals surface area contributed by atoms with Crippen molar-refractivity contribution in [2.75, 3.05) is 24.2 Å². The number of aryl methyl sites for hydroxylation is 1. The number of aromatic nitrogens is 1. The molecule has 0 radical (unpaired) electrons. The third kappa shape index (κ3) is 1.84. The number of hydrogen-bond acceptors (Lipinski definition) is 2. The van der Waals surface area contributed by atoms with Gasteiger partial charge in [0.2, 0.25) is 0 Å². The maximum atomic E-state index is 4.26. The van der Waals surface area contributed by atoms with Crippen LogP contribution in [-0.4, -0.2) is 23.9 Å². The van der Waals surface area contributed by atoms with Gasteiger partial charge in [0.05, 0.1) is 5.69 Å². The average molecular weight is 220 g/mol. The van der Waals surface area contributed by atoms with Crippen LogP contribution in [0.3, 0.4) is 0 Å². The van der Waals surface area contributed by atoms with Gasteiger partial charge < -0.3 is 9.47 Å². The second-order valence-electron chi connectivity index (χ2n) is 3.79. The highest BCUT2D eigenvalue weighted by molar-refractivity contribution is 7.80. The van der Waals surface area contributed by atoms with E-state index >= 15 is 0 Å². The first kappa shape index (κ1) is 10.4. The van der Waals surface area contributed by atoms with E-state index < -0.39 is 0 Å². The van der Waals surface area contributed by atoms with E-state index in [-0.39, 0.29) is 0 Å². The maximum absolute atomic E-state index is 4.26. The Morgan fingerprint density at radius 1 is 1.33 bits per heavy atom. The summed E-state index contributed by atoms with van der Waals surface area (Å²) < 4.78 is 2.17. The van der Waals surface area contributed by atoms with Gasteiger partial charge in [-0.1, -0.05) is 18.2 Å². The summed E-state index contributed by atoms with van der Waals surface area (Å²) in [6, 6.07) is 8.47. The Morgan fingerprint density at radius 2 is 2.07 bits per heavy atom. The molecule has 1 aromatic carbocycles. The number of thiol groups is 1. The van der Waals surface area contributed by atoms with Crippen LogP contribution in [0.15, 0.2) is 30.5 Å². The van der Waals surface area contributed by atoms with E-state index in [2.05, 4.69) is 66.7 Å². The van der Waals surface area contributed by atoms with Crippen LogP contribution in [0.4, 0.5) is 5.69 Å². The first-order valence-corrected chi connectivity index (χ1v) is 5.73. The summed E-state index contributed by atoms with van der Waals surface area (Å²) in [6.45, 7) is 0.969. The molecule has 2 nitrogen and oxygen atoms in total. The molecular formula is C12H16N2S. The Kier molecular flexibility index (Phi) is 2.91. The predicted molar refractivity (Wildman–Crippen MR) is 70.0 cm³/mol. The lowest BCUT2D eigenvalue weighted by molar-refractivity contribution is 0.941. The fourth-order valence-electron chi connectivity index (χ4n) is 1.89. The van der Waals surface area contributed by atoms with Crippen LogP contribution in [-0.2, 0) is 7.05 Å². The van der Waals surface area contributed by atoms with Gasteiger partial charge in [0, 0.05) is 43.5 Å². The van der Waals surface area contributed by atoms with Gasteiger partial charge in [0.1, 0.15) is 0 Å². The molecule has 2 aromatic rings. The molecular weight excluding hydrogens is 204 g/mol. The molecule has 0 N–H and O–H groups in total. The molecule has 15 heavy (non-hydrogen) atoms. The Morgan fingerprint density at radius 3 is 2.80 bits per heavy atom. The van der Waals surface area contributed by atoms with E-state index in [1.54, 1.807) is 0 Å². The van der Waals surface area contributed by atoms with Crippen molar-refractivity contribution in [1.29, 1.82) is 0 Å². The van der Waals surface area contributed by atoms with E-state index in [4.69, 9.17) is 0 Å². The number of para-hydroxylation sites is 1. The Bertz CT molecular complexity index is 462. The van der Waals surface area contributed by atoms with Crippen LogP contribution >= 0.6 is 12.6 Å². The van der Waals surface area contributed by atoms with Gasteiger partial charge in [-0.25, -0.2) is 0 Å². The first-order valence-electron chi connectivity index (χ1n) is 5.10. The van der Waals surface area contributed by atoms with E-state index in [1.165, 1.54) is 16.6 Å². The molecule has 1 aromatic heterocycles. The predicted octanol–water partition coefficient (Wildman–Crippen LogP) is 2.54. The van der Waals surface area contributed by atoms with Gasteiger partial charge in [-0.2, -0.15) is 12.6 Å². The minimum absolute atomic E-state index is 0.875. The molecule has 0 saturated carbocycles. The van der Waals surface area contributed by atoms with Crippen molar-refractivity contribution in [3.63, 3.8) is 0 Å². The smallest absolute Gasteiger partial charge is 0.0623 e. The Balaban J connectivity index is 2.52. The zero-order valence-corrected chi connectivity index (χ0v) is 10.0. The molecule has 0 spiro atoms. The number of benzene rings is 1. The number of hydrogen-bond donors (Lipinski definition) is 1. The van der Waals surface area contributed by atoms with Crippen molar-refractivity contribution in [2.24, 2.45) is 7.05 Å². The van der Waals surface area contributed by atoms with Crippen molar-refractivity contribution in [1.82, 2.24) is 4.57 Å². The normalized spacial score (nSPS) is 10.9. The summed E-state index contributed by atoms with van der Waals surface area (Å²) in [5.74, 6) is 0.875. The average Bonchev–Trinajstić information content (AvgIpc) is 2.58. The highest BCUT2D eigenvalue weighted by atomic mass is 32.1. The number of rotatable bonds is 3. The quantitative estimate of drug-likeness (QED) is 0.781. The summed E-state index contributed by atoms with van der Waals surface area (Å²) in [6.07, 6.45) is 2.17. The minimum atomic E-state index is 0.875. The standard InChI is InChI=1S/C12H16N2S/c1-13(7-8-15)12-9-14(2)11-6-4-3-5-10(11)12/h3-6,9,15H,7-8H2,1-2H3. The summed E-state index contributed by atoms with van der Waals surface area (Å²) in [5, 5.41) is 1.31. The van der Waals surface area contributed by atoms with E-state index in [9.17, 15) is 0 Å². The highest BCUT2D eigenvalue weighted by Gasteiger charge is 2.08. The van der Waals surface area contributed by atoms with Crippen molar-refractivity contribution in [3.05, 3.63) is 30.5 Å². The van der Waals surface area contributed by atoms with Crippen LogP contribution in [0.1, 0.15) is 0 Å². The lowest BCUT2D eigenvalue weighted by Crippen LogP contribution is -2.19. The van der Waals surface area contributed by atoms with Gasteiger partial charge in [0.25, 0.3) is 0 Å². The fourth-order valence-corrected chi connectivity index (χ4v) is 2.19. The molecule has 80 valence electrons. The van der Waals surface area contributed by atoms with E-state index in [1.807, 2.05) is 0 Å². The molecule has 0 aliphatic heterocycles. The monoisotopic (exact) mass is 220 g/mol. The molecule has 0 aliphatic carbocycles. The fraction of sp³-hybridized carbons (Fsp3) is 0.333. The van der Waals surface area contributed by atoms with Gasteiger partial charge in [-0.05, 0) is 6.07 Å². The number of anilines is 1. The van der Waals surface area contributed by atoms with Gasteiger partial charge in [-0.3, -0.25) is 0 Å². The third-order valence-electron chi connectivity index (χ3n) is 2.72. The highest BCUT2D eigenvalue weighted by Crippen LogP contribution is 2.27. The number of nitrogens with zero attached hydrogens (tertiary/aromatic N) is 2. The Labute approximate surface area is 95.9 Å². The zero-order valence-electron chi connectivity index (χ0n) is 9.14. The largest absolute Gasteiger partial charge is 0.372 e. The molecule has 0 aliphatic rings. The van der Waals surface area contributed by atoms with Crippen molar-refractivity contribution in [3.8, 4) is 0 Å². The second kappa shape index (κ2) is 4.19. The zero-order chi connectivity index (χ0) is 10.8. The topological polar surface area (TPSA) is 8.17 Å². The first-order chi connectivity index (χ1) is 7.24. The molecule has 0 fully saturated rings. The molecule has 0 saturated heterocycles. The lowest BCUT2D eigenvalue weighted by Gasteiger charge is -2.16. The molecule has 1 heterocycles. The molecule has 0 bridgehead atoms. The van der Waals surface area contributed by atoms with Crippen molar-refractivity contribution in [2.45, 2.75) is 0 Å². The Hall–Kier alpha value is -1.09. The van der Waals surface area contributed by atoms with Gasteiger partial charge in [0.15, 0.2) is 0 Å². The molecule has 0 unspecified atom stereocenters. The third-order valence-corrected chi connectivity index (χ3v) is 2.92. The lowest BCUT2D eigenvalue weighted by atomic mass is 10.2. The summed E-state index contributed by atoms with van der Waals surface area (Å²) in [4.78, 5) is 2.25. The summed E-state index contributed by atoms with van der Waals surface area (Å²) in [7, 11) is 4.19. The molecule has 0 atom stereocenters. The van der Waals surface area contributed by atoms with Crippen molar-refractivity contribution >= 4 is 29.2 Å². The van der Waals surface area contributed by atoms with Gasteiger partial charge >= 0.3 is 0 Å². The van der Waals surface area contributed by atoms with Crippen molar-refractivity contribution < 1.29 is 0 Å². The molecule has 2 rings (SSSR count). The summed E-state index contributed by atoms with van der Waals surface area (Å²) >= 11 is 4.26. The second-order valence-corrected chi connectivity index (χ2v) is 4.23. The maximum Gasteiger partial charge on any atom is 0.0623 e. The minimum Gasteiger partial charge on any atom is -0.372 e. The van der Waals surface area contributed by atoms with Crippen LogP contribution in [0.2, 0.25) is 0 Å².